The van der Waals surface area contributed by atoms with E-state index in [9.17, 15) is 10.1 Å². The summed E-state index contributed by atoms with van der Waals surface area (Å²) in [6.07, 6.45) is 0. The van der Waals surface area contributed by atoms with Gasteiger partial charge in [-0.3, -0.25) is 10.1 Å². The molecule has 3 aromatic rings. The highest BCUT2D eigenvalue weighted by atomic mass is 35.5. The molecule has 0 fully saturated rings. The lowest BCUT2D eigenvalue weighted by Gasteiger charge is -2.03. The van der Waals surface area contributed by atoms with E-state index in [1.54, 1.807) is 30.3 Å². The molecule has 0 saturated heterocycles. The molecule has 1 heterocycles. The van der Waals surface area contributed by atoms with Crippen molar-refractivity contribution in [2.24, 2.45) is 0 Å². The summed E-state index contributed by atoms with van der Waals surface area (Å²) < 4.78 is 0. The van der Waals surface area contributed by atoms with Gasteiger partial charge in [0.05, 0.1) is 10.6 Å². The summed E-state index contributed by atoms with van der Waals surface area (Å²) in [5.41, 5.74) is 2.18. The largest absolute Gasteiger partial charge is 0.326 e. The Morgan fingerprint density at radius 2 is 1.86 bits per heavy atom. The summed E-state index contributed by atoms with van der Waals surface area (Å²) in [7, 11) is 0. The Balaban J connectivity index is 1.86. The molecule has 0 aliphatic rings. The zero-order valence-corrected chi connectivity index (χ0v) is 12.8. The number of hydrogen-bond donors (Lipinski definition) is 1. The predicted molar refractivity (Wildman–Crippen MR) is 88.9 cm³/mol. The Morgan fingerprint density at radius 3 is 2.59 bits per heavy atom. The first-order chi connectivity index (χ1) is 10.6. The molecule has 0 radical (unpaired) electrons. The molecule has 2 aromatic carbocycles. The van der Waals surface area contributed by atoms with Gasteiger partial charge in [0.1, 0.15) is 5.69 Å². The van der Waals surface area contributed by atoms with Crippen LogP contribution in [0, 0.1) is 10.1 Å². The molecule has 0 atom stereocenters. The molecule has 0 aliphatic heterocycles. The van der Waals surface area contributed by atoms with Gasteiger partial charge in [-0.25, -0.2) is 4.98 Å². The normalized spacial score (nSPS) is 10.4. The maximum atomic E-state index is 11.0. The molecule has 0 spiro atoms. The molecule has 3 rings (SSSR count). The lowest BCUT2D eigenvalue weighted by atomic mass is 10.2. The van der Waals surface area contributed by atoms with Gasteiger partial charge in [-0.2, -0.15) is 0 Å². The van der Waals surface area contributed by atoms with Gasteiger partial charge in [-0.15, -0.1) is 11.3 Å². The van der Waals surface area contributed by atoms with Crippen LogP contribution in [0.1, 0.15) is 0 Å². The van der Waals surface area contributed by atoms with Crippen molar-refractivity contribution < 1.29 is 4.92 Å². The van der Waals surface area contributed by atoms with E-state index in [1.807, 2.05) is 17.5 Å². The molecule has 0 saturated carbocycles. The van der Waals surface area contributed by atoms with Crippen LogP contribution < -0.4 is 5.32 Å². The average Bonchev–Trinajstić information content (AvgIpc) is 2.97. The highest BCUT2D eigenvalue weighted by molar-refractivity contribution is 7.14. The fourth-order valence-corrected chi connectivity index (χ4v) is 2.80. The molecule has 0 bridgehead atoms. The molecular weight excluding hydrogens is 322 g/mol. The van der Waals surface area contributed by atoms with Gasteiger partial charge in [0.25, 0.3) is 5.69 Å². The lowest BCUT2D eigenvalue weighted by molar-refractivity contribution is -0.383. The minimum absolute atomic E-state index is 0.0192. The topological polar surface area (TPSA) is 68.1 Å². The molecule has 5 nitrogen and oxygen atoms in total. The Hall–Kier alpha value is -2.44. The minimum Gasteiger partial charge on any atom is -0.326 e. The molecule has 22 heavy (non-hydrogen) atoms. The second-order valence-corrected chi connectivity index (χ2v) is 5.74. The van der Waals surface area contributed by atoms with E-state index in [4.69, 9.17) is 11.6 Å². The van der Waals surface area contributed by atoms with E-state index >= 15 is 0 Å². The Morgan fingerprint density at radius 1 is 1.14 bits per heavy atom. The van der Waals surface area contributed by atoms with Crippen molar-refractivity contribution in [3.63, 3.8) is 0 Å². The second kappa shape index (κ2) is 6.13. The van der Waals surface area contributed by atoms with Gasteiger partial charge in [0, 0.05) is 22.0 Å². The van der Waals surface area contributed by atoms with Crippen molar-refractivity contribution in [1.82, 2.24) is 4.98 Å². The fourth-order valence-electron chi connectivity index (χ4n) is 1.94. The minimum atomic E-state index is -0.421. The Kier molecular flexibility index (Phi) is 4.04. The van der Waals surface area contributed by atoms with Crippen LogP contribution in [0.2, 0.25) is 5.02 Å². The number of nitro groups is 1. The van der Waals surface area contributed by atoms with Crippen LogP contribution in [0.25, 0.3) is 11.3 Å². The van der Waals surface area contributed by atoms with Crippen molar-refractivity contribution in [2.45, 2.75) is 0 Å². The number of nitrogens with zero attached hydrogens (tertiary/aromatic N) is 2. The maximum absolute atomic E-state index is 11.0. The number of benzene rings is 2. The van der Waals surface area contributed by atoms with Gasteiger partial charge in [-0.1, -0.05) is 35.9 Å². The van der Waals surface area contributed by atoms with E-state index in [-0.39, 0.29) is 5.69 Å². The van der Waals surface area contributed by atoms with Gasteiger partial charge in [-0.05, 0) is 18.2 Å². The molecule has 7 heteroatoms. The fraction of sp³-hybridized carbons (Fsp3) is 0. The van der Waals surface area contributed by atoms with Gasteiger partial charge in [0.15, 0.2) is 5.13 Å². The zero-order chi connectivity index (χ0) is 15.5. The summed E-state index contributed by atoms with van der Waals surface area (Å²) in [4.78, 5) is 15.0. The summed E-state index contributed by atoms with van der Waals surface area (Å²) in [5.74, 6) is 0. The van der Waals surface area contributed by atoms with Crippen molar-refractivity contribution in [2.75, 3.05) is 5.32 Å². The zero-order valence-electron chi connectivity index (χ0n) is 11.2. The summed E-state index contributed by atoms with van der Waals surface area (Å²) in [6.45, 7) is 0. The first-order valence-electron chi connectivity index (χ1n) is 6.35. The number of aromatic nitrogens is 1. The van der Waals surface area contributed by atoms with Gasteiger partial charge in [0.2, 0.25) is 0 Å². The summed E-state index contributed by atoms with van der Waals surface area (Å²) in [6, 6.07) is 13.8. The van der Waals surface area contributed by atoms with Crippen LogP contribution in [0.3, 0.4) is 0 Å². The molecule has 0 amide bonds. The first kappa shape index (κ1) is 14.5. The number of nitrogens with one attached hydrogen (secondary N) is 1. The van der Waals surface area contributed by atoms with E-state index in [2.05, 4.69) is 10.3 Å². The smallest absolute Gasteiger partial charge is 0.292 e. The standard InChI is InChI=1S/C15H10ClN3O2S/c16-11-7-5-10(6-8-11)13-9-22-15(18-13)17-12-3-1-2-4-14(12)19(20)21/h1-9H,(H,17,18). The van der Waals surface area contributed by atoms with E-state index in [0.29, 0.717) is 15.8 Å². The molecule has 1 aromatic heterocycles. The van der Waals surface area contributed by atoms with Crippen molar-refractivity contribution in [1.29, 1.82) is 0 Å². The third-order valence-corrected chi connectivity index (χ3v) is 4.00. The van der Waals surface area contributed by atoms with E-state index in [0.717, 1.165) is 11.3 Å². The number of thiazole rings is 1. The van der Waals surface area contributed by atoms with Crippen LogP contribution in [-0.2, 0) is 0 Å². The highest BCUT2D eigenvalue weighted by Gasteiger charge is 2.14. The molecule has 1 N–H and O–H groups in total. The summed E-state index contributed by atoms with van der Waals surface area (Å²) >= 11 is 7.25. The number of rotatable bonds is 4. The van der Waals surface area contributed by atoms with Crippen LogP contribution in [-0.4, -0.2) is 9.91 Å². The quantitative estimate of drug-likeness (QED) is 0.532. The number of anilines is 2. The number of halogens is 1. The van der Waals surface area contributed by atoms with Crippen molar-refractivity contribution >= 4 is 39.4 Å². The third-order valence-electron chi connectivity index (χ3n) is 2.99. The monoisotopic (exact) mass is 331 g/mol. The molecule has 0 unspecified atom stereocenters. The van der Waals surface area contributed by atoms with Crippen LogP contribution in [0.15, 0.2) is 53.9 Å². The van der Waals surface area contributed by atoms with E-state index < -0.39 is 4.92 Å². The number of para-hydroxylation sites is 2. The van der Waals surface area contributed by atoms with Crippen LogP contribution in [0.5, 0.6) is 0 Å². The van der Waals surface area contributed by atoms with Crippen molar-refractivity contribution in [3.8, 4) is 11.3 Å². The number of nitro benzene ring substituents is 1. The molecule has 0 aliphatic carbocycles. The average molecular weight is 332 g/mol. The Bertz CT molecular complexity index is 818. The third kappa shape index (κ3) is 3.08. The van der Waals surface area contributed by atoms with Gasteiger partial charge < -0.3 is 5.32 Å². The number of hydrogen-bond acceptors (Lipinski definition) is 5. The Labute approximate surface area is 135 Å². The first-order valence-corrected chi connectivity index (χ1v) is 7.61. The predicted octanol–water partition coefficient (Wildman–Crippen LogP) is 5.12. The van der Waals surface area contributed by atoms with Crippen LogP contribution in [0.4, 0.5) is 16.5 Å². The molecule has 110 valence electrons. The summed E-state index contributed by atoms with van der Waals surface area (Å²) in [5, 5.41) is 17.2. The maximum Gasteiger partial charge on any atom is 0.292 e. The van der Waals surface area contributed by atoms with Gasteiger partial charge >= 0.3 is 0 Å². The molecular formula is C15H10ClN3O2S. The van der Waals surface area contributed by atoms with Crippen molar-refractivity contribution in [3.05, 3.63) is 69.0 Å². The highest BCUT2D eigenvalue weighted by Crippen LogP contribution is 2.31. The lowest BCUT2D eigenvalue weighted by Crippen LogP contribution is -1.96. The second-order valence-electron chi connectivity index (χ2n) is 4.44. The van der Waals surface area contributed by atoms with E-state index in [1.165, 1.54) is 17.4 Å². The van der Waals surface area contributed by atoms with Crippen LogP contribution >= 0.6 is 22.9 Å². The SMILES string of the molecule is O=[N+]([O-])c1ccccc1Nc1nc(-c2ccc(Cl)cc2)cs1.